The van der Waals surface area contributed by atoms with E-state index in [1.54, 1.807) is 0 Å². The number of rotatable bonds is 9. The van der Waals surface area contributed by atoms with E-state index in [9.17, 15) is 9.59 Å². The number of carbonyl (C=O) groups excluding carboxylic acids is 1. The van der Waals surface area contributed by atoms with Crippen LogP contribution in [-0.4, -0.2) is 29.8 Å². The highest BCUT2D eigenvalue weighted by Crippen LogP contribution is 2.44. The third kappa shape index (κ3) is 4.71. The molecule has 1 aliphatic carbocycles. The summed E-state index contributed by atoms with van der Waals surface area (Å²) in [5.74, 6) is -0.920. The van der Waals surface area contributed by atoms with Gasteiger partial charge in [0, 0.05) is 12.0 Å². The van der Waals surface area contributed by atoms with Crippen molar-refractivity contribution in [3.63, 3.8) is 0 Å². The van der Waals surface area contributed by atoms with Gasteiger partial charge in [0.15, 0.2) is 0 Å². The molecule has 5 nitrogen and oxygen atoms in total. The molecule has 0 aromatic heterocycles. The van der Waals surface area contributed by atoms with Gasteiger partial charge in [0.2, 0.25) is 0 Å². The summed E-state index contributed by atoms with van der Waals surface area (Å²) in [5, 5.41) is 11.8. The van der Waals surface area contributed by atoms with Crippen LogP contribution in [-0.2, 0) is 9.53 Å². The van der Waals surface area contributed by atoms with E-state index in [4.69, 9.17) is 9.84 Å². The first-order chi connectivity index (χ1) is 13.6. The van der Waals surface area contributed by atoms with Crippen LogP contribution in [0.25, 0.3) is 11.1 Å². The largest absolute Gasteiger partial charge is 0.481 e. The van der Waals surface area contributed by atoms with Crippen LogP contribution in [0.1, 0.15) is 56.1 Å². The first-order valence-corrected chi connectivity index (χ1v) is 9.93. The fourth-order valence-corrected chi connectivity index (χ4v) is 3.88. The lowest BCUT2D eigenvalue weighted by Gasteiger charge is -2.19. The Bertz CT molecular complexity index is 787. The highest BCUT2D eigenvalue weighted by molar-refractivity contribution is 5.79. The summed E-state index contributed by atoms with van der Waals surface area (Å²) < 4.78 is 5.52. The highest BCUT2D eigenvalue weighted by atomic mass is 16.5. The number of aliphatic carboxylic acids is 1. The van der Waals surface area contributed by atoms with Crippen LogP contribution in [0.4, 0.5) is 4.79 Å². The third-order valence-corrected chi connectivity index (χ3v) is 5.24. The van der Waals surface area contributed by atoms with Crippen molar-refractivity contribution in [1.29, 1.82) is 0 Å². The van der Waals surface area contributed by atoms with Gasteiger partial charge in [0.1, 0.15) is 6.61 Å². The van der Waals surface area contributed by atoms with Crippen molar-refractivity contribution in [3.05, 3.63) is 59.7 Å². The Morgan fingerprint density at radius 3 is 2.21 bits per heavy atom. The molecular weight excluding hydrogens is 354 g/mol. The van der Waals surface area contributed by atoms with E-state index in [2.05, 4.69) is 36.5 Å². The number of alkyl carbamates (subject to hydrolysis) is 1. The van der Waals surface area contributed by atoms with E-state index in [1.165, 1.54) is 11.1 Å². The first-order valence-electron chi connectivity index (χ1n) is 9.93. The first kappa shape index (κ1) is 19.9. The molecule has 28 heavy (non-hydrogen) atoms. The average molecular weight is 381 g/mol. The van der Waals surface area contributed by atoms with Crippen molar-refractivity contribution in [3.8, 4) is 11.1 Å². The van der Waals surface area contributed by atoms with Crippen molar-refractivity contribution < 1.29 is 19.4 Å². The summed E-state index contributed by atoms with van der Waals surface area (Å²) in [6, 6.07) is 15.9. The number of carboxylic acid groups (broad SMARTS) is 1. The zero-order chi connectivity index (χ0) is 19.9. The monoisotopic (exact) mass is 381 g/mol. The van der Waals surface area contributed by atoms with Gasteiger partial charge in [0.05, 0.1) is 6.42 Å². The van der Waals surface area contributed by atoms with Gasteiger partial charge in [-0.05, 0) is 28.7 Å². The Kier molecular flexibility index (Phi) is 6.69. The Morgan fingerprint density at radius 2 is 1.64 bits per heavy atom. The van der Waals surface area contributed by atoms with Crippen LogP contribution in [0, 0.1) is 0 Å². The number of ether oxygens (including phenoxy) is 1. The molecule has 148 valence electrons. The smallest absolute Gasteiger partial charge is 0.407 e. The molecule has 0 heterocycles. The highest BCUT2D eigenvalue weighted by Gasteiger charge is 2.29. The van der Waals surface area contributed by atoms with Crippen LogP contribution < -0.4 is 5.32 Å². The van der Waals surface area contributed by atoms with E-state index >= 15 is 0 Å². The van der Waals surface area contributed by atoms with Crippen molar-refractivity contribution in [1.82, 2.24) is 5.32 Å². The van der Waals surface area contributed by atoms with Gasteiger partial charge in [-0.1, -0.05) is 74.7 Å². The van der Waals surface area contributed by atoms with Gasteiger partial charge < -0.3 is 15.2 Å². The zero-order valence-corrected chi connectivity index (χ0v) is 16.2. The Balaban J connectivity index is 1.63. The van der Waals surface area contributed by atoms with E-state index in [1.807, 2.05) is 24.3 Å². The minimum absolute atomic E-state index is 0.00355. The van der Waals surface area contributed by atoms with Gasteiger partial charge >= 0.3 is 12.1 Å². The summed E-state index contributed by atoms with van der Waals surface area (Å²) in [4.78, 5) is 23.4. The zero-order valence-electron chi connectivity index (χ0n) is 16.2. The minimum Gasteiger partial charge on any atom is -0.481 e. The van der Waals surface area contributed by atoms with Gasteiger partial charge in [-0.3, -0.25) is 4.79 Å². The van der Waals surface area contributed by atoms with Crippen molar-refractivity contribution in [2.45, 2.75) is 51.0 Å². The SMILES string of the molecule is CCCCC[C@H](CC(=O)O)NC(=O)OCC1c2ccccc2-c2ccccc21. The van der Waals surface area contributed by atoms with Crippen molar-refractivity contribution in [2.75, 3.05) is 6.61 Å². The second-order valence-electron chi connectivity index (χ2n) is 7.26. The molecule has 0 radical (unpaired) electrons. The Morgan fingerprint density at radius 1 is 1.04 bits per heavy atom. The van der Waals surface area contributed by atoms with Gasteiger partial charge in [-0.2, -0.15) is 0 Å². The van der Waals surface area contributed by atoms with Gasteiger partial charge in [-0.25, -0.2) is 4.79 Å². The second-order valence-corrected chi connectivity index (χ2v) is 7.26. The molecule has 0 fully saturated rings. The Hall–Kier alpha value is -2.82. The topological polar surface area (TPSA) is 75.6 Å². The lowest BCUT2D eigenvalue weighted by Crippen LogP contribution is -2.37. The van der Waals surface area contributed by atoms with Gasteiger partial charge in [-0.15, -0.1) is 0 Å². The number of amides is 1. The predicted octanol–water partition coefficient (Wildman–Crippen LogP) is 4.95. The van der Waals surface area contributed by atoms with Crippen LogP contribution in [0.3, 0.4) is 0 Å². The predicted molar refractivity (Wildman–Crippen MR) is 108 cm³/mol. The molecule has 0 spiro atoms. The lowest BCUT2D eigenvalue weighted by molar-refractivity contribution is -0.137. The molecule has 2 aromatic carbocycles. The van der Waals surface area contributed by atoms with Crippen LogP contribution >= 0.6 is 0 Å². The summed E-state index contributed by atoms with van der Waals surface area (Å²) in [7, 11) is 0. The van der Waals surface area contributed by atoms with E-state index < -0.39 is 18.1 Å². The number of nitrogens with one attached hydrogen (secondary N) is 1. The van der Waals surface area contributed by atoms with Crippen molar-refractivity contribution >= 4 is 12.1 Å². The molecule has 5 heteroatoms. The quantitative estimate of drug-likeness (QED) is 0.603. The number of benzene rings is 2. The molecule has 1 atom stereocenters. The standard InChI is InChI=1S/C23H27NO4/c1-2-3-4-9-16(14-22(25)26)24-23(27)28-15-21-19-12-7-5-10-17(19)18-11-6-8-13-20(18)21/h5-8,10-13,16,21H,2-4,9,14-15H2,1H3,(H,24,27)(H,25,26)/t16-/m1/s1. The number of fused-ring (bicyclic) bond motifs is 3. The summed E-state index contributed by atoms with van der Waals surface area (Å²) in [6.07, 6.45) is 2.95. The molecule has 0 bridgehead atoms. The molecule has 0 saturated carbocycles. The number of unbranched alkanes of at least 4 members (excludes halogenated alkanes) is 2. The number of carbonyl (C=O) groups is 2. The fraction of sp³-hybridized carbons (Fsp3) is 0.391. The minimum atomic E-state index is -0.916. The fourth-order valence-electron chi connectivity index (χ4n) is 3.88. The molecular formula is C23H27NO4. The maximum absolute atomic E-state index is 12.3. The summed E-state index contributed by atoms with van der Waals surface area (Å²) in [6.45, 7) is 2.32. The molecule has 2 N–H and O–H groups in total. The van der Waals surface area contributed by atoms with Crippen LogP contribution in [0.15, 0.2) is 48.5 Å². The Labute approximate surface area is 165 Å². The summed E-state index contributed by atoms with van der Waals surface area (Å²) in [5.41, 5.74) is 4.66. The van der Waals surface area contributed by atoms with E-state index in [0.717, 1.165) is 30.4 Å². The second kappa shape index (κ2) is 9.40. The molecule has 3 rings (SSSR count). The molecule has 0 saturated heterocycles. The average Bonchev–Trinajstić information content (AvgIpc) is 3.00. The molecule has 0 aliphatic heterocycles. The molecule has 1 aliphatic rings. The van der Waals surface area contributed by atoms with Gasteiger partial charge in [0.25, 0.3) is 0 Å². The number of carboxylic acids is 1. The number of hydrogen-bond donors (Lipinski definition) is 2. The maximum Gasteiger partial charge on any atom is 0.407 e. The normalized spacial score (nSPS) is 13.5. The van der Waals surface area contributed by atoms with Crippen LogP contribution in [0.5, 0.6) is 0 Å². The molecule has 0 unspecified atom stereocenters. The van der Waals surface area contributed by atoms with E-state index in [0.29, 0.717) is 6.42 Å². The lowest BCUT2D eigenvalue weighted by atomic mass is 9.98. The number of hydrogen-bond acceptors (Lipinski definition) is 3. The van der Waals surface area contributed by atoms with E-state index in [-0.39, 0.29) is 18.9 Å². The maximum atomic E-state index is 12.3. The van der Waals surface area contributed by atoms with Crippen LogP contribution in [0.2, 0.25) is 0 Å². The van der Waals surface area contributed by atoms with Crippen molar-refractivity contribution in [2.24, 2.45) is 0 Å². The third-order valence-electron chi connectivity index (χ3n) is 5.24. The summed E-state index contributed by atoms with van der Waals surface area (Å²) >= 11 is 0. The molecule has 1 amide bonds. The molecule has 2 aromatic rings.